The summed E-state index contributed by atoms with van der Waals surface area (Å²) in [6.45, 7) is 0. The molecule has 1 saturated heterocycles. The summed E-state index contributed by atoms with van der Waals surface area (Å²) in [5.74, 6) is 0.216. The first kappa shape index (κ1) is 15.7. The number of amides is 2. The summed E-state index contributed by atoms with van der Waals surface area (Å²) in [6.07, 6.45) is 6.60. The number of allylic oxidation sites excluding steroid dienone is 2. The van der Waals surface area contributed by atoms with Crippen LogP contribution < -0.4 is 0 Å². The van der Waals surface area contributed by atoms with Gasteiger partial charge in [-0.05, 0) is 36.2 Å². The van der Waals surface area contributed by atoms with Crippen molar-refractivity contribution in [3.05, 3.63) is 51.1 Å². The molecule has 2 bridgehead atoms. The first-order valence-corrected chi connectivity index (χ1v) is 8.89. The highest BCUT2D eigenvalue weighted by Crippen LogP contribution is 2.65. The zero-order valence-corrected chi connectivity index (χ0v) is 14.2. The first-order valence-electron chi connectivity index (χ1n) is 8.51. The van der Waals surface area contributed by atoms with Gasteiger partial charge in [-0.2, -0.15) is 10.1 Å². The van der Waals surface area contributed by atoms with E-state index in [0.717, 1.165) is 11.4 Å². The van der Waals surface area contributed by atoms with Gasteiger partial charge in [0.05, 0.1) is 23.0 Å². The molecule has 0 spiro atoms. The van der Waals surface area contributed by atoms with Gasteiger partial charge in [-0.15, -0.1) is 0 Å². The lowest BCUT2D eigenvalue weighted by Gasteiger charge is -2.37. The minimum Gasteiger partial charge on any atom is -0.272 e. The summed E-state index contributed by atoms with van der Waals surface area (Å²) in [5.41, 5.74) is 0.159. The number of hydrazone groups is 1. The molecule has 26 heavy (non-hydrogen) atoms. The number of imide groups is 1. The van der Waals surface area contributed by atoms with Crippen molar-refractivity contribution >= 4 is 35.3 Å². The second kappa shape index (κ2) is 5.23. The predicted octanol–water partition coefficient (Wildman–Crippen LogP) is 2.64. The number of hydrogen-bond acceptors (Lipinski definition) is 5. The maximum absolute atomic E-state index is 12.8. The molecule has 6 atom stereocenters. The molecule has 1 aliphatic heterocycles. The summed E-state index contributed by atoms with van der Waals surface area (Å²) in [7, 11) is 0. The average Bonchev–Trinajstić information content (AvgIpc) is 3.40. The van der Waals surface area contributed by atoms with E-state index in [0.29, 0.717) is 17.4 Å². The summed E-state index contributed by atoms with van der Waals surface area (Å²) in [6, 6.07) is 4.22. The number of rotatable bonds is 3. The van der Waals surface area contributed by atoms with Gasteiger partial charge < -0.3 is 0 Å². The second-order valence-electron chi connectivity index (χ2n) is 7.36. The number of nitro groups is 1. The number of carbonyl (C=O) groups is 2. The van der Waals surface area contributed by atoms with E-state index in [1.54, 1.807) is 6.07 Å². The van der Waals surface area contributed by atoms with E-state index >= 15 is 0 Å². The highest BCUT2D eigenvalue weighted by molar-refractivity contribution is 6.32. The molecule has 5 aliphatic rings. The van der Waals surface area contributed by atoms with Gasteiger partial charge in [0, 0.05) is 11.6 Å². The molecule has 2 amide bonds. The van der Waals surface area contributed by atoms with Gasteiger partial charge in [-0.25, -0.2) is 0 Å². The number of benzene rings is 1. The standard InChI is InChI=1S/C18H14ClN3O4/c19-13-4-1-8(5-14(13)22(25)26)7-20-21-17(23)15-9-2-3-10(12-6-11(9)12)16(15)18(21)24/h1-5,7,9-12,15-16H,6H2/b20-7-/t9-,10-,11-,12-,15+,16+/m1/s1. The minimum atomic E-state index is -0.587. The van der Waals surface area contributed by atoms with Crippen LogP contribution in [-0.4, -0.2) is 28.0 Å². The van der Waals surface area contributed by atoms with Crippen molar-refractivity contribution in [2.75, 3.05) is 0 Å². The van der Waals surface area contributed by atoms with Gasteiger partial charge in [0.25, 0.3) is 17.5 Å². The number of nitro benzene ring substituents is 1. The van der Waals surface area contributed by atoms with E-state index in [-0.39, 0.29) is 46.2 Å². The summed E-state index contributed by atoms with van der Waals surface area (Å²) in [5, 5.41) is 16.0. The van der Waals surface area contributed by atoms with Gasteiger partial charge in [-0.1, -0.05) is 29.8 Å². The van der Waals surface area contributed by atoms with Crippen LogP contribution in [0.4, 0.5) is 5.69 Å². The number of halogens is 1. The van der Waals surface area contributed by atoms with E-state index in [2.05, 4.69) is 17.3 Å². The number of carbonyl (C=O) groups excluding carboxylic acids is 2. The van der Waals surface area contributed by atoms with Crippen molar-refractivity contribution in [1.82, 2.24) is 5.01 Å². The van der Waals surface area contributed by atoms with Crippen molar-refractivity contribution in [2.45, 2.75) is 6.42 Å². The number of nitrogens with zero attached hydrogens (tertiary/aromatic N) is 3. The molecule has 1 aromatic rings. The predicted molar refractivity (Wildman–Crippen MR) is 92.3 cm³/mol. The topological polar surface area (TPSA) is 92.9 Å². The first-order chi connectivity index (χ1) is 12.5. The van der Waals surface area contributed by atoms with E-state index < -0.39 is 4.92 Å². The molecule has 4 aliphatic carbocycles. The van der Waals surface area contributed by atoms with Gasteiger partial charge in [0.1, 0.15) is 5.02 Å². The van der Waals surface area contributed by atoms with E-state index in [1.165, 1.54) is 18.3 Å². The van der Waals surface area contributed by atoms with Gasteiger partial charge in [0.15, 0.2) is 0 Å². The van der Waals surface area contributed by atoms with Crippen LogP contribution in [0.25, 0.3) is 0 Å². The highest BCUT2D eigenvalue weighted by Gasteiger charge is 2.67. The van der Waals surface area contributed by atoms with Gasteiger partial charge in [-0.3, -0.25) is 19.7 Å². The monoisotopic (exact) mass is 371 g/mol. The third kappa shape index (κ3) is 2.03. The van der Waals surface area contributed by atoms with E-state index in [1.807, 2.05) is 0 Å². The Morgan fingerprint density at radius 3 is 2.35 bits per heavy atom. The fourth-order valence-electron chi connectivity index (χ4n) is 4.93. The van der Waals surface area contributed by atoms with Crippen LogP contribution in [0.15, 0.2) is 35.5 Å². The second-order valence-corrected chi connectivity index (χ2v) is 7.76. The van der Waals surface area contributed by atoms with Crippen LogP contribution in [0.1, 0.15) is 12.0 Å². The molecule has 8 heteroatoms. The molecule has 0 radical (unpaired) electrons. The van der Waals surface area contributed by atoms with Gasteiger partial charge in [0.2, 0.25) is 0 Å². The molecular formula is C18H14ClN3O4. The maximum atomic E-state index is 12.8. The van der Waals surface area contributed by atoms with E-state index in [4.69, 9.17) is 11.6 Å². The fourth-order valence-corrected chi connectivity index (χ4v) is 5.12. The molecule has 1 heterocycles. The van der Waals surface area contributed by atoms with E-state index in [9.17, 15) is 19.7 Å². The average molecular weight is 372 g/mol. The Morgan fingerprint density at radius 2 is 1.77 bits per heavy atom. The lowest BCUT2D eigenvalue weighted by molar-refractivity contribution is -0.384. The Morgan fingerprint density at radius 1 is 1.15 bits per heavy atom. The van der Waals surface area contributed by atoms with Crippen LogP contribution in [0, 0.1) is 45.6 Å². The normalized spacial score (nSPS) is 36.6. The molecule has 3 fully saturated rings. The molecule has 0 N–H and O–H groups in total. The Labute approximate surface area is 153 Å². The molecule has 6 rings (SSSR count). The van der Waals surface area contributed by atoms with Crippen LogP contribution in [0.2, 0.25) is 5.02 Å². The molecule has 0 unspecified atom stereocenters. The minimum absolute atomic E-state index is 0.0216. The summed E-state index contributed by atoms with van der Waals surface area (Å²) < 4.78 is 0. The molecule has 0 aromatic heterocycles. The third-order valence-corrected chi connectivity index (χ3v) is 6.45. The van der Waals surface area contributed by atoms with Crippen LogP contribution >= 0.6 is 11.6 Å². The van der Waals surface area contributed by atoms with Crippen molar-refractivity contribution < 1.29 is 14.5 Å². The molecule has 1 aromatic carbocycles. The Bertz CT molecular complexity index is 891. The lowest BCUT2D eigenvalue weighted by Crippen LogP contribution is -2.40. The SMILES string of the molecule is O=C1[C@H]2[C@@H]3C=C[C@H]([C@H]4C[C@H]34)[C@@H]2C(=O)N1/N=C\c1ccc(Cl)c([N+](=O)[O-])c1. The van der Waals surface area contributed by atoms with Crippen molar-refractivity contribution in [2.24, 2.45) is 40.6 Å². The fraction of sp³-hybridized carbons (Fsp3) is 0.389. The Hall–Kier alpha value is -2.54. The van der Waals surface area contributed by atoms with Crippen LogP contribution in [-0.2, 0) is 9.59 Å². The third-order valence-electron chi connectivity index (χ3n) is 6.13. The summed E-state index contributed by atoms with van der Waals surface area (Å²) >= 11 is 5.79. The molecule has 2 saturated carbocycles. The van der Waals surface area contributed by atoms with Crippen LogP contribution in [0.3, 0.4) is 0 Å². The smallest absolute Gasteiger partial charge is 0.272 e. The Balaban J connectivity index is 1.43. The quantitative estimate of drug-likeness (QED) is 0.268. The van der Waals surface area contributed by atoms with Crippen LogP contribution in [0.5, 0.6) is 0 Å². The highest BCUT2D eigenvalue weighted by atomic mass is 35.5. The molecule has 132 valence electrons. The van der Waals surface area contributed by atoms with Crippen molar-refractivity contribution in [1.29, 1.82) is 0 Å². The van der Waals surface area contributed by atoms with Crippen molar-refractivity contribution in [3.63, 3.8) is 0 Å². The Kier molecular flexibility index (Phi) is 3.16. The number of hydrogen-bond donors (Lipinski definition) is 0. The van der Waals surface area contributed by atoms with Gasteiger partial charge >= 0.3 is 0 Å². The maximum Gasteiger partial charge on any atom is 0.288 e. The molecular weight excluding hydrogens is 358 g/mol. The zero-order chi connectivity index (χ0) is 18.2. The van der Waals surface area contributed by atoms with Crippen molar-refractivity contribution in [3.8, 4) is 0 Å². The zero-order valence-electron chi connectivity index (χ0n) is 13.5. The molecule has 7 nitrogen and oxygen atoms in total. The lowest BCUT2D eigenvalue weighted by atomic mass is 9.63. The largest absolute Gasteiger partial charge is 0.288 e. The summed E-state index contributed by atoms with van der Waals surface area (Å²) in [4.78, 5) is 36.0.